The Morgan fingerprint density at radius 2 is 2.17 bits per heavy atom. The Kier molecular flexibility index (Phi) is 4.77. The molecule has 0 saturated carbocycles. The zero-order valence-electron chi connectivity index (χ0n) is 9.49. The number of carbonyl (C=O) groups excluding carboxylic acids is 1. The average molecular weight is 357 g/mol. The number of hydrogen-bond acceptors (Lipinski definition) is 4. The molecule has 0 saturated heterocycles. The van der Waals surface area contributed by atoms with Crippen LogP contribution in [-0.4, -0.2) is 24.1 Å². The highest BCUT2D eigenvalue weighted by atomic mass is 127. The van der Waals surface area contributed by atoms with E-state index in [0.29, 0.717) is 17.0 Å². The Balaban J connectivity index is 1.90. The van der Waals surface area contributed by atoms with E-state index in [0.717, 1.165) is 6.29 Å². The average Bonchev–Trinajstić information content (AvgIpc) is 2.46. The van der Waals surface area contributed by atoms with Crippen LogP contribution in [0.3, 0.4) is 0 Å². The lowest BCUT2D eigenvalue weighted by molar-refractivity contribution is 0.112. The van der Waals surface area contributed by atoms with Crippen LogP contribution in [0.2, 0.25) is 0 Å². The van der Waals surface area contributed by atoms with Gasteiger partial charge in [0, 0.05) is 26.6 Å². The molecule has 2 rings (SSSR count). The molecule has 4 nitrogen and oxygen atoms in total. The summed E-state index contributed by atoms with van der Waals surface area (Å²) in [6, 6.07) is 6.76. The van der Waals surface area contributed by atoms with Gasteiger partial charge in [-0.2, -0.15) is 0 Å². The molecule has 1 aromatic carbocycles. The smallest absolute Gasteiger partial charge is 0.150 e. The van der Waals surface area contributed by atoms with Gasteiger partial charge in [-0.1, -0.05) is 6.08 Å². The second-order valence-corrected chi connectivity index (χ2v) is 5.36. The SMILES string of the molecule is O=Cc1ccc(OCC(O)C2=CC=CI=N2)cc1. The fourth-order valence-corrected chi connectivity index (χ4v) is 2.71. The zero-order chi connectivity index (χ0) is 12.8. The highest BCUT2D eigenvalue weighted by Gasteiger charge is 2.11. The minimum Gasteiger partial charge on any atom is -0.490 e. The Morgan fingerprint density at radius 1 is 1.39 bits per heavy atom. The van der Waals surface area contributed by atoms with Crippen molar-refractivity contribution in [1.29, 1.82) is 0 Å². The summed E-state index contributed by atoms with van der Waals surface area (Å²) in [7, 11) is 0. The van der Waals surface area contributed by atoms with E-state index in [1.165, 1.54) is 0 Å². The van der Waals surface area contributed by atoms with Gasteiger partial charge in [0.05, 0.1) is 5.70 Å². The number of carbonyl (C=O) groups is 1. The molecule has 1 N–H and O–H groups in total. The molecule has 5 heteroatoms. The van der Waals surface area contributed by atoms with Gasteiger partial charge in [0.25, 0.3) is 0 Å². The van der Waals surface area contributed by atoms with Crippen LogP contribution in [0.4, 0.5) is 0 Å². The van der Waals surface area contributed by atoms with Crippen LogP contribution in [0.15, 0.2) is 49.3 Å². The van der Waals surface area contributed by atoms with E-state index >= 15 is 0 Å². The third-order valence-electron chi connectivity index (χ3n) is 2.31. The Morgan fingerprint density at radius 3 is 2.78 bits per heavy atom. The number of aliphatic hydroxyl groups excluding tert-OH is 1. The molecule has 1 aliphatic rings. The van der Waals surface area contributed by atoms with Crippen LogP contribution in [0.5, 0.6) is 5.75 Å². The summed E-state index contributed by atoms with van der Waals surface area (Å²) in [5, 5.41) is 9.88. The summed E-state index contributed by atoms with van der Waals surface area (Å²) < 4.78 is 11.7. The molecule has 0 bridgehead atoms. The van der Waals surface area contributed by atoms with Gasteiger partial charge in [-0.3, -0.25) is 4.79 Å². The Labute approximate surface area is 115 Å². The first kappa shape index (κ1) is 13.1. The maximum absolute atomic E-state index is 10.5. The molecule has 94 valence electrons. The maximum atomic E-state index is 10.5. The third kappa shape index (κ3) is 3.58. The summed E-state index contributed by atoms with van der Waals surface area (Å²) in [5.41, 5.74) is 1.28. The summed E-state index contributed by atoms with van der Waals surface area (Å²) in [5.74, 6) is 0.626. The molecular formula is C13H12INO3. The lowest BCUT2D eigenvalue weighted by atomic mass is 10.2. The molecule has 1 heterocycles. The summed E-state index contributed by atoms with van der Waals surface area (Å²) >= 11 is -0.311. The molecule has 0 radical (unpaired) electrons. The number of hydrogen-bond donors (Lipinski definition) is 1. The fourth-order valence-electron chi connectivity index (χ4n) is 1.35. The quantitative estimate of drug-likeness (QED) is 0.651. The summed E-state index contributed by atoms with van der Waals surface area (Å²) in [4.78, 5) is 10.5. The van der Waals surface area contributed by atoms with E-state index in [2.05, 4.69) is 3.15 Å². The highest BCUT2D eigenvalue weighted by Crippen LogP contribution is 2.19. The molecule has 1 unspecified atom stereocenters. The molecule has 0 amide bonds. The number of aliphatic hydroxyl groups is 1. The molecule has 1 atom stereocenters. The van der Waals surface area contributed by atoms with Crippen molar-refractivity contribution in [2.75, 3.05) is 6.61 Å². The molecule has 0 aliphatic carbocycles. The highest BCUT2D eigenvalue weighted by molar-refractivity contribution is 14.2. The van der Waals surface area contributed by atoms with Crippen LogP contribution in [0, 0.1) is 0 Å². The zero-order valence-corrected chi connectivity index (χ0v) is 11.6. The first-order chi connectivity index (χ1) is 8.79. The Hall–Kier alpha value is -1.34. The Bertz CT molecular complexity index is 505. The largest absolute Gasteiger partial charge is 0.490 e. The van der Waals surface area contributed by atoms with E-state index in [-0.39, 0.29) is 27.6 Å². The third-order valence-corrected chi connectivity index (χ3v) is 3.88. The van der Waals surface area contributed by atoms with Gasteiger partial charge in [0.1, 0.15) is 24.7 Å². The van der Waals surface area contributed by atoms with Crippen molar-refractivity contribution in [1.82, 2.24) is 0 Å². The van der Waals surface area contributed by atoms with Gasteiger partial charge in [-0.25, -0.2) is 3.15 Å². The fraction of sp³-hybridized carbons (Fsp3) is 0.154. The minimum absolute atomic E-state index is 0.160. The maximum Gasteiger partial charge on any atom is 0.150 e. The lowest BCUT2D eigenvalue weighted by Crippen LogP contribution is -2.19. The van der Waals surface area contributed by atoms with Gasteiger partial charge in [-0.05, 0) is 34.4 Å². The molecule has 0 spiro atoms. The number of nitrogens with zero attached hydrogens (tertiary/aromatic N) is 1. The minimum atomic E-state index is -0.708. The number of benzene rings is 1. The number of aldehydes is 1. The second-order valence-electron chi connectivity index (χ2n) is 3.61. The number of halogens is 1. The van der Waals surface area contributed by atoms with Crippen molar-refractivity contribution in [3.63, 3.8) is 0 Å². The van der Waals surface area contributed by atoms with E-state index < -0.39 is 6.10 Å². The van der Waals surface area contributed by atoms with Crippen molar-refractivity contribution in [3.8, 4) is 5.75 Å². The van der Waals surface area contributed by atoms with E-state index in [1.54, 1.807) is 30.3 Å². The molecule has 0 fully saturated rings. The van der Waals surface area contributed by atoms with Gasteiger partial charge in [0.2, 0.25) is 0 Å². The van der Waals surface area contributed by atoms with Crippen molar-refractivity contribution in [3.05, 3.63) is 51.8 Å². The second kappa shape index (κ2) is 6.55. The molecule has 1 aliphatic heterocycles. The molecule has 0 aromatic heterocycles. The first-order valence-corrected chi connectivity index (χ1v) is 7.57. The summed E-state index contributed by atoms with van der Waals surface area (Å²) in [6.07, 6.45) is 3.78. The van der Waals surface area contributed by atoms with Crippen LogP contribution in [0.25, 0.3) is 0 Å². The van der Waals surface area contributed by atoms with Gasteiger partial charge in [-0.15, -0.1) is 0 Å². The number of allylic oxidation sites excluding steroid dienone is 2. The van der Waals surface area contributed by atoms with Gasteiger partial charge >= 0.3 is 0 Å². The van der Waals surface area contributed by atoms with Crippen LogP contribution >= 0.6 is 21.0 Å². The van der Waals surface area contributed by atoms with E-state index in [4.69, 9.17) is 4.74 Å². The molecular weight excluding hydrogens is 345 g/mol. The van der Waals surface area contributed by atoms with Crippen LogP contribution in [0.1, 0.15) is 10.4 Å². The van der Waals surface area contributed by atoms with Crippen LogP contribution in [-0.2, 0) is 0 Å². The first-order valence-electron chi connectivity index (χ1n) is 5.36. The monoisotopic (exact) mass is 357 g/mol. The van der Waals surface area contributed by atoms with Crippen molar-refractivity contribution in [2.45, 2.75) is 6.10 Å². The van der Waals surface area contributed by atoms with Gasteiger partial charge in [0.15, 0.2) is 0 Å². The normalized spacial score (nSPS) is 15.5. The van der Waals surface area contributed by atoms with Crippen LogP contribution < -0.4 is 4.74 Å². The molecule has 18 heavy (non-hydrogen) atoms. The number of ether oxygens (including phenoxy) is 1. The lowest BCUT2D eigenvalue weighted by Gasteiger charge is -2.13. The standard InChI is InChI=1S/C13H12INO3/c16-8-10-3-5-11(6-4-10)18-9-13(17)12-2-1-7-14-15-12/h1-8,13,17H,9H2. The number of rotatable bonds is 5. The summed E-state index contributed by atoms with van der Waals surface area (Å²) in [6.45, 7) is 0.160. The predicted octanol–water partition coefficient (Wildman–Crippen LogP) is 2.80. The van der Waals surface area contributed by atoms with Gasteiger partial charge < -0.3 is 9.84 Å². The van der Waals surface area contributed by atoms with Crippen molar-refractivity contribution < 1.29 is 14.6 Å². The molecule has 1 aromatic rings. The predicted molar refractivity (Wildman–Crippen MR) is 77.0 cm³/mol. The van der Waals surface area contributed by atoms with E-state index in [9.17, 15) is 9.90 Å². The van der Waals surface area contributed by atoms with E-state index in [1.807, 2.05) is 10.2 Å². The van der Waals surface area contributed by atoms with Crippen molar-refractivity contribution in [2.24, 2.45) is 3.15 Å². The van der Waals surface area contributed by atoms with Crippen molar-refractivity contribution >= 4 is 27.3 Å². The topological polar surface area (TPSA) is 58.9 Å².